The van der Waals surface area contributed by atoms with E-state index in [4.69, 9.17) is 11.6 Å². The number of imidazole rings is 1. The van der Waals surface area contributed by atoms with Gasteiger partial charge in [0.1, 0.15) is 5.65 Å². The molecule has 2 heterocycles. The number of nitrogens with zero attached hydrogens (tertiary/aromatic N) is 2. The van der Waals surface area contributed by atoms with Crippen molar-refractivity contribution in [1.82, 2.24) is 14.7 Å². The van der Waals surface area contributed by atoms with Gasteiger partial charge in [-0.1, -0.05) is 25.4 Å². The average molecular weight is 266 g/mol. The number of aromatic nitrogens is 2. The highest BCUT2D eigenvalue weighted by Crippen LogP contribution is 2.12. The van der Waals surface area contributed by atoms with Crippen LogP contribution in [-0.2, 0) is 6.54 Å². The fraction of sp³-hybridized carbons (Fsp3) is 0.500. The molecule has 3 nitrogen and oxygen atoms in total. The molecule has 0 saturated heterocycles. The van der Waals surface area contributed by atoms with Crippen molar-refractivity contribution in [3.63, 3.8) is 0 Å². The minimum atomic E-state index is 0.512. The van der Waals surface area contributed by atoms with Gasteiger partial charge >= 0.3 is 0 Å². The Morgan fingerprint density at radius 3 is 2.78 bits per heavy atom. The van der Waals surface area contributed by atoms with E-state index in [2.05, 4.69) is 31.1 Å². The summed E-state index contributed by atoms with van der Waals surface area (Å²) in [5.74, 6) is 0.715. The first-order valence-corrected chi connectivity index (χ1v) is 6.79. The molecule has 0 bridgehead atoms. The van der Waals surface area contributed by atoms with Crippen LogP contribution >= 0.6 is 11.6 Å². The molecule has 98 valence electrons. The van der Waals surface area contributed by atoms with Gasteiger partial charge in [-0.25, -0.2) is 4.98 Å². The van der Waals surface area contributed by atoms with Gasteiger partial charge in [-0.05, 0) is 31.4 Å². The van der Waals surface area contributed by atoms with E-state index < -0.39 is 0 Å². The first kappa shape index (κ1) is 13.4. The number of hydrogen-bond acceptors (Lipinski definition) is 2. The lowest BCUT2D eigenvalue weighted by atomic mass is 10.1. The Hall–Kier alpha value is -1.06. The second-order valence-electron chi connectivity index (χ2n) is 5.26. The first-order valence-electron chi connectivity index (χ1n) is 6.41. The molecule has 2 aromatic heterocycles. The highest BCUT2D eigenvalue weighted by Gasteiger charge is 2.06. The number of rotatable bonds is 5. The Kier molecular flexibility index (Phi) is 4.25. The van der Waals surface area contributed by atoms with Gasteiger partial charge in [0, 0.05) is 25.0 Å². The molecule has 0 aliphatic rings. The number of hydrogen-bond donors (Lipinski definition) is 1. The lowest BCUT2D eigenvalue weighted by molar-refractivity contribution is 0.440. The quantitative estimate of drug-likeness (QED) is 0.896. The van der Waals surface area contributed by atoms with Gasteiger partial charge in [-0.3, -0.25) is 0 Å². The van der Waals surface area contributed by atoms with Crippen LogP contribution in [0.25, 0.3) is 5.65 Å². The molecule has 2 rings (SSSR count). The Labute approximate surface area is 113 Å². The molecule has 18 heavy (non-hydrogen) atoms. The maximum Gasteiger partial charge on any atom is 0.137 e. The Bertz CT molecular complexity index is 519. The molecular weight excluding hydrogens is 246 g/mol. The van der Waals surface area contributed by atoms with Gasteiger partial charge in [0.05, 0.1) is 10.7 Å². The van der Waals surface area contributed by atoms with Crippen molar-refractivity contribution < 1.29 is 0 Å². The van der Waals surface area contributed by atoms with Crippen LogP contribution < -0.4 is 5.32 Å². The third-order valence-electron chi connectivity index (χ3n) is 2.92. The average Bonchev–Trinajstić information content (AvgIpc) is 2.67. The molecular formula is C14H20ClN3. The Balaban J connectivity index is 1.99. The zero-order chi connectivity index (χ0) is 13.1. The SMILES string of the molecule is CC(C)CC(C)NCc1cn2cc(Cl)ccc2n1. The van der Waals surface area contributed by atoms with E-state index in [-0.39, 0.29) is 0 Å². The second kappa shape index (κ2) is 5.72. The lowest BCUT2D eigenvalue weighted by Gasteiger charge is -2.14. The summed E-state index contributed by atoms with van der Waals surface area (Å²) in [7, 11) is 0. The van der Waals surface area contributed by atoms with Gasteiger partial charge in [0.25, 0.3) is 0 Å². The van der Waals surface area contributed by atoms with Crippen molar-refractivity contribution in [2.24, 2.45) is 5.92 Å². The van der Waals surface area contributed by atoms with Crippen molar-refractivity contribution in [2.75, 3.05) is 0 Å². The van der Waals surface area contributed by atoms with E-state index in [1.54, 1.807) is 0 Å². The third-order valence-corrected chi connectivity index (χ3v) is 3.15. The minimum Gasteiger partial charge on any atom is -0.309 e. The molecule has 0 fully saturated rings. The summed E-state index contributed by atoms with van der Waals surface area (Å²) in [4.78, 5) is 4.55. The molecule has 0 saturated carbocycles. The topological polar surface area (TPSA) is 29.3 Å². The zero-order valence-corrected chi connectivity index (χ0v) is 11.9. The van der Waals surface area contributed by atoms with Crippen molar-refractivity contribution in [1.29, 1.82) is 0 Å². The summed E-state index contributed by atoms with van der Waals surface area (Å²) in [5, 5.41) is 4.23. The summed E-state index contributed by atoms with van der Waals surface area (Å²) < 4.78 is 1.96. The second-order valence-corrected chi connectivity index (χ2v) is 5.69. The summed E-state index contributed by atoms with van der Waals surface area (Å²) in [5.41, 5.74) is 1.99. The molecule has 0 aromatic carbocycles. The maximum atomic E-state index is 5.95. The lowest BCUT2D eigenvalue weighted by Crippen LogP contribution is -2.26. The van der Waals surface area contributed by atoms with E-state index >= 15 is 0 Å². The van der Waals surface area contributed by atoms with E-state index in [0.29, 0.717) is 12.0 Å². The monoisotopic (exact) mass is 265 g/mol. The van der Waals surface area contributed by atoms with Crippen molar-refractivity contribution in [3.05, 3.63) is 35.2 Å². The molecule has 0 aliphatic heterocycles. The first-order chi connectivity index (χ1) is 8.54. The maximum absolute atomic E-state index is 5.95. The smallest absolute Gasteiger partial charge is 0.137 e. The highest BCUT2D eigenvalue weighted by atomic mass is 35.5. The van der Waals surface area contributed by atoms with Gasteiger partial charge in [-0.15, -0.1) is 0 Å². The Morgan fingerprint density at radius 2 is 2.06 bits per heavy atom. The van der Waals surface area contributed by atoms with Crippen LogP contribution in [0, 0.1) is 5.92 Å². The normalized spacial score (nSPS) is 13.4. The van der Waals surface area contributed by atoms with Gasteiger partial charge < -0.3 is 9.72 Å². The predicted molar refractivity (Wildman–Crippen MR) is 76.0 cm³/mol. The number of fused-ring (bicyclic) bond motifs is 1. The van der Waals surface area contributed by atoms with E-state index in [0.717, 1.165) is 22.9 Å². The van der Waals surface area contributed by atoms with E-state index in [1.807, 2.05) is 28.9 Å². The number of nitrogens with one attached hydrogen (secondary N) is 1. The highest BCUT2D eigenvalue weighted by molar-refractivity contribution is 6.30. The zero-order valence-electron chi connectivity index (χ0n) is 11.2. The largest absolute Gasteiger partial charge is 0.309 e. The molecule has 1 atom stereocenters. The van der Waals surface area contributed by atoms with Gasteiger partial charge in [0.15, 0.2) is 0 Å². The fourth-order valence-corrected chi connectivity index (χ4v) is 2.34. The third kappa shape index (κ3) is 3.47. The molecule has 1 unspecified atom stereocenters. The fourth-order valence-electron chi connectivity index (χ4n) is 2.17. The standard InChI is InChI=1S/C14H20ClN3/c1-10(2)6-11(3)16-7-13-9-18-8-12(15)4-5-14(18)17-13/h4-5,8-11,16H,6-7H2,1-3H3. The van der Waals surface area contributed by atoms with Crippen LogP contribution in [0.15, 0.2) is 24.5 Å². The number of pyridine rings is 1. The van der Waals surface area contributed by atoms with Crippen LogP contribution in [0.3, 0.4) is 0 Å². The molecule has 2 aromatic rings. The summed E-state index contributed by atoms with van der Waals surface area (Å²) >= 11 is 5.95. The predicted octanol–water partition coefficient (Wildman–Crippen LogP) is 3.51. The van der Waals surface area contributed by atoms with Crippen molar-refractivity contribution in [3.8, 4) is 0 Å². The van der Waals surface area contributed by atoms with Crippen LogP contribution in [0.5, 0.6) is 0 Å². The van der Waals surface area contributed by atoms with Gasteiger partial charge in [-0.2, -0.15) is 0 Å². The summed E-state index contributed by atoms with van der Waals surface area (Å²) in [6, 6.07) is 4.31. The molecule has 1 N–H and O–H groups in total. The van der Waals surface area contributed by atoms with Crippen molar-refractivity contribution >= 4 is 17.2 Å². The summed E-state index contributed by atoms with van der Waals surface area (Å²) in [6.45, 7) is 7.50. The van der Waals surface area contributed by atoms with Crippen LogP contribution in [-0.4, -0.2) is 15.4 Å². The van der Waals surface area contributed by atoms with Crippen LogP contribution in [0.4, 0.5) is 0 Å². The summed E-state index contributed by atoms with van der Waals surface area (Å²) in [6.07, 6.45) is 5.08. The van der Waals surface area contributed by atoms with E-state index in [9.17, 15) is 0 Å². The molecule has 0 radical (unpaired) electrons. The molecule has 0 spiro atoms. The minimum absolute atomic E-state index is 0.512. The molecule has 0 amide bonds. The van der Waals surface area contributed by atoms with Crippen molar-refractivity contribution in [2.45, 2.75) is 39.8 Å². The van der Waals surface area contributed by atoms with E-state index in [1.165, 1.54) is 6.42 Å². The van der Waals surface area contributed by atoms with Crippen LogP contribution in [0.2, 0.25) is 5.02 Å². The molecule has 0 aliphatic carbocycles. The number of halogens is 1. The Morgan fingerprint density at radius 1 is 1.28 bits per heavy atom. The van der Waals surface area contributed by atoms with Crippen LogP contribution in [0.1, 0.15) is 32.9 Å². The molecule has 4 heteroatoms. The van der Waals surface area contributed by atoms with Gasteiger partial charge in [0.2, 0.25) is 0 Å².